The molecule has 19 heavy (non-hydrogen) atoms. The van der Waals surface area contributed by atoms with Crippen LogP contribution in [0.5, 0.6) is 0 Å². The highest BCUT2D eigenvalue weighted by Crippen LogP contribution is 2.13. The number of nitrogens with zero attached hydrogens (tertiary/aromatic N) is 4. The highest BCUT2D eigenvalue weighted by molar-refractivity contribution is 5.67. The number of aliphatic carboxylic acids is 1. The molecule has 2 rings (SSSR count). The fourth-order valence-electron chi connectivity index (χ4n) is 1.91. The van der Waals surface area contributed by atoms with Gasteiger partial charge in [-0.25, -0.2) is 4.98 Å². The minimum absolute atomic E-state index is 0.0875. The third-order valence-corrected chi connectivity index (χ3v) is 2.99. The Morgan fingerprint density at radius 1 is 1.58 bits per heavy atom. The lowest BCUT2D eigenvalue weighted by atomic mass is 10.0. The van der Waals surface area contributed by atoms with Crippen LogP contribution in [0.3, 0.4) is 0 Å². The number of anilines is 1. The number of aryl methyl sites for hydroxylation is 1. The maximum Gasteiger partial charge on any atom is 0.303 e. The van der Waals surface area contributed by atoms with E-state index in [9.17, 15) is 4.79 Å². The zero-order chi connectivity index (χ0) is 13.8. The first-order valence-electron chi connectivity index (χ1n) is 6.23. The molecule has 0 aliphatic rings. The SMILES string of the molecule is CCC(CNc1cc(C)nc2ncnn12)CC(=O)O. The molecule has 0 aliphatic carbocycles. The Bertz CT molecular complexity index is 581. The molecule has 2 N–H and O–H groups in total. The molecular weight excluding hydrogens is 246 g/mol. The summed E-state index contributed by atoms with van der Waals surface area (Å²) in [6.45, 7) is 4.45. The van der Waals surface area contributed by atoms with E-state index >= 15 is 0 Å². The smallest absolute Gasteiger partial charge is 0.303 e. The number of rotatable bonds is 6. The molecule has 0 aromatic carbocycles. The molecule has 0 fully saturated rings. The van der Waals surface area contributed by atoms with E-state index in [1.165, 1.54) is 6.33 Å². The van der Waals surface area contributed by atoms with Crippen molar-refractivity contribution in [2.24, 2.45) is 5.92 Å². The van der Waals surface area contributed by atoms with Gasteiger partial charge in [0.1, 0.15) is 12.1 Å². The third-order valence-electron chi connectivity index (χ3n) is 2.99. The fraction of sp³-hybridized carbons (Fsp3) is 0.500. The van der Waals surface area contributed by atoms with E-state index in [-0.39, 0.29) is 12.3 Å². The van der Waals surface area contributed by atoms with Gasteiger partial charge in [0.25, 0.3) is 5.78 Å². The first-order valence-corrected chi connectivity index (χ1v) is 6.23. The van der Waals surface area contributed by atoms with Gasteiger partial charge in [-0.2, -0.15) is 14.6 Å². The van der Waals surface area contributed by atoms with Crippen LogP contribution in [0.15, 0.2) is 12.4 Å². The van der Waals surface area contributed by atoms with Crippen molar-refractivity contribution in [3.8, 4) is 0 Å². The Hall–Kier alpha value is -2.18. The van der Waals surface area contributed by atoms with Crippen LogP contribution in [0.1, 0.15) is 25.5 Å². The molecule has 0 aliphatic heterocycles. The maximum atomic E-state index is 10.7. The second-order valence-electron chi connectivity index (χ2n) is 4.51. The van der Waals surface area contributed by atoms with E-state index in [1.807, 2.05) is 19.9 Å². The van der Waals surface area contributed by atoms with Gasteiger partial charge in [-0.3, -0.25) is 4.79 Å². The van der Waals surface area contributed by atoms with Gasteiger partial charge in [-0.15, -0.1) is 0 Å². The van der Waals surface area contributed by atoms with Gasteiger partial charge in [0.15, 0.2) is 0 Å². The summed E-state index contributed by atoms with van der Waals surface area (Å²) in [5, 5.41) is 16.1. The number of nitrogens with one attached hydrogen (secondary N) is 1. The number of hydrogen-bond donors (Lipinski definition) is 2. The van der Waals surface area contributed by atoms with Crippen LogP contribution in [0.25, 0.3) is 5.78 Å². The third kappa shape index (κ3) is 3.18. The Morgan fingerprint density at radius 3 is 3.05 bits per heavy atom. The van der Waals surface area contributed by atoms with Crippen LogP contribution in [-0.4, -0.2) is 37.2 Å². The Kier molecular flexibility index (Phi) is 3.94. The summed E-state index contributed by atoms with van der Waals surface area (Å²) >= 11 is 0. The Morgan fingerprint density at radius 2 is 2.37 bits per heavy atom. The van der Waals surface area contributed by atoms with Gasteiger partial charge in [0, 0.05) is 24.7 Å². The van der Waals surface area contributed by atoms with Crippen LogP contribution in [-0.2, 0) is 4.79 Å². The first kappa shape index (κ1) is 13.3. The van der Waals surface area contributed by atoms with E-state index in [0.29, 0.717) is 12.3 Å². The molecule has 2 heterocycles. The van der Waals surface area contributed by atoms with Gasteiger partial charge < -0.3 is 10.4 Å². The maximum absolute atomic E-state index is 10.7. The van der Waals surface area contributed by atoms with Crippen molar-refractivity contribution in [2.75, 3.05) is 11.9 Å². The van der Waals surface area contributed by atoms with E-state index in [4.69, 9.17) is 5.11 Å². The quantitative estimate of drug-likeness (QED) is 0.817. The fourth-order valence-corrected chi connectivity index (χ4v) is 1.91. The molecular formula is C12H17N5O2. The summed E-state index contributed by atoms with van der Waals surface area (Å²) in [6, 6.07) is 1.87. The summed E-state index contributed by atoms with van der Waals surface area (Å²) in [5.74, 6) is 0.632. The number of carbonyl (C=O) groups is 1. The predicted octanol–water partition coefficient (Wildman–Crippen LogP) is 1.35. The van der Waals surface area contributed by atoms with Crippen molar-refractivity contribution in [2.45, 2.75) is 26.7 Å². The van der Waals surface area contributed by atoms with Crippen LogP contribution in [0, 0.1) is 12.8 Å². The zero-order valence-corrected chi connectivity index (χ0v) is 11.0. The highest BCUT2D eigenvalue weighted by Gasteiger charge is 2.12. The molecule has 2 aromatic rings. The lowest BCUT2D eigenvalue weighted by Gasteiger charge is -2.15. The summed E-state index contributed by atoms with van der Waals surface area (Å²) in [7, 11) is 0. The number of aromatic nitrogens is 4. The molecule has 2 aromatic heterocycles. The summed E-state index contributed by atoms with van der Waals surface area (Å²) in [4.78, 5) is 19.0. The molecule has 1 unspecified atom stereocenters. The molecule has 0 saturated carbocycles. The van der Waals surface area contributed by atoms with Crippen molar-refractivity contribution in [3.63, 3.8) is 0 Å². The zero-order valence-electron chi connectivity index (χ0n) is 11.0. The van der Waals surface area contributed by atoms with Crippen molar-refractivity contribution in [3.05, 3.63) is 18.1 Å². The molecule has 102 valence electrons. The lowest BCUT2D eigenvalue weighted by molar-refractivity contribution is -0.138. The van der Waals surface area contributed by atoms with Crippen LogP contribution in [0.4, 0.5) is 5.82 Å². The second-order valence-corrected chi connectivity index (χ2v) is 4.51. The molecule has 0 radical (unpaired) electrons. The number of hydrogen-bond acceptors (Lipinski definition) is 5. The van der Waals surface area contributed by atoms with Gasteiger partial charge in [0.05, 0.1) is 0 Å². The van der Waals surface area contributed by atoms with Gasteiger partial charge in [-0.05, 0) is 12.8 Å². The molecule has 7 heteroatoms. The van der Waals surface area contributed by atoms with Crippen LogP contribution in [0.2, 0.25) is 0 Å². The average molecular weight is 263 g/mol. The van der Waals surface area contributed by atoms with E-state index in [0.717, 1.165) is 17.9 Å². The highest BCUT2D eigenvalue weighted by atomic mass is 16.4. The summed E-state index contributed by atoms with van der Waals surface area (Å²) in [5.41, 5.74) is 0.842. The topological polar surface area (TPSA) is 92.4 Å². The molecule has 1 atom stereocenters. The summed E-state index contributed by atoms with van der Waals surface area (Å²) in [6.07, 6.45) is 2.42. The second kappa shape index (κ2) is 5.64. The van der Waals surface area contributed by atoms with E-state index in [2.05, 4.69) is 20.4 Å². The largest absolute Gasteiger partial charge is 0.481 e. The standard InChI is InChI=1S/C12H17N5O2/c1-3-9(5-11(18)19)6-13-10-4-8(2)16-12-14-7-15-17(10)12/h4,7,9,13H,3,5-6H2,1-2H3,(H,18,19). The first-order chi connectivity index (χ1) is 9.10. The number of carboxylic acid groups (broad SMARTS) is 1. The van der Waals surface area contributed by atoms with Gasteiger partial charge in [-0.1, -0.05) is 13.3 Å². The predicted molar refractivity (Wildman–Crippen MR) is 70.0 cm³/mol. The Labute approximate surface area is 110 Å². The monoisotopic (exact) mass is 263 g/mol. The van der Waals surface area contributed by atoms with Crippen molar-refractivity contribution in [1.29, 1.82) is 0 Å². The average Bonchev–Trinajstić information content (AvgIpc) is 2.81. The van der Waals surface area contributed by atoms with Gasteiger partial charge in [0.2, 0.25) is 0 Å². The number of fused-ring (bicyclic) bond motifs is 1. The Balaban J connectivity index is 2.12. The number of carboxylic acids is 1. The van der Waals surface area contributed by atoms with Crippen molar-refractivity contribution in [1.82, 2.24) is 19.6 Å². The van der Waals surface area contributed by atoms with Crippen LogP contribution >= 0.6 is 0 Å². The van der Waals surface area contributed by atoms with Crippen LogP contribution < -0.4 is 5.32 Å². The van der Waals surface area contributed by atoms with Crippen molar-refractivity contribution < 1.29 is 9.90 Å². The normalized spacial score (nSPS) is 12.5. The molecule has 0 bridgehead atoms. The minimum atomic E-state index is -0.773. The van der Waals surface area contributed by atoms with Gasteiger partial charge >= 0.3 is 5.97 Å². The van der Waals surface area contributed by atoms with E-state index in [1.54, 1.807) is 4.52 Å². The molecule has 0 saturated heterocycles. The van der Waals surface area contributed by atoms with Crippen molar-refractivity contribution >= 4 is 17.6 Å². The van der Waals surface area contributed by atoms with E-state index < -0.39 is 5.97 Å². The molecule has 7 nitrogen and oxygen atoms in total. The summed E-state index contributed by atoms with van der Waals surface area (Å²) < 4.78 is 1.61. The minimum Gasteiger partial charge on any atom is -0.481 e. The molecule has 0 spiro atoms. The molecule has 0 amide bonds. The lowest BCUT2D eigenvalue weighted by Crippen LogP contribution is -2.19.